The lowest BCUT2D eigenvalue weighted by atomic mass is 10.1. The first kappa shape index (κ1) is 22.5. The van der Waals surface area contributed by atoms with Gasteiger partial charge in [-0.25, -0.2) is 4.98 Å². The molecular formula is C24H21F3N2OS. The van der Waals surface area contributed by atoms with Crippen molar-refractivity contribution in [2.45, 2.75) is 13.1 Å². The fourth-order valence-electron chi connectivity index (χ4n) is 2.82. The van der Waals surface area contributed by atoms with E-state index < -0.39 is 11.7 Å². The van der Waals surface area contributed by atoms with Crippen LogP contribution < -0.4 is 4.90 Å². The Labute approximate surface area is 183 Å². The van der Waals surface area contributed by atoms with Gasteiger partial charge in [0.05, 0.1) is 16.1 Å². The van der Waals surface area contributed by atoms with Crippen LogP contribution in [0.3, 0.4) is 0 Å². The van der Waals surface area contributed by atoms with Gasteiger partial charge in [-0.1, -0.05) is 42.5 Å². The molecule has 3 aromatic rings. The van der Waals surface area contributed by atoms with Crippen LogP contribution in [-0.2, 0) is 6.18 Å². The van der Waals surface area contributed by atoms with E-state index in [1.165, 1.54) is 29.5 Å². The van der Waals surface area contributed by atoms with Crippen LogP contribution in [0.4, 0.5) is 18.9 Å². The average Bonchev–Trinajstić information content (AvgIpc) is 3.12. The lowest BCUT2D eigenvalue weighted by molar-refractivity contribution is -0.137. The van der Waals surface area contributed by atoms with Crippen molar-refractivity contribution in [1.82, 2.24) is 4.98 Å². The van der Waals surface area contributed by atoms with Gasteiger partial charge in [0.1, 0.15) is 5.01 Å². The molecule has 160 valence electrons. The molecule has 0 saturated heterocycles. The molecule has 0 spiro atoms. The fourth-order valence-corrected chi connectivity index (χ4v) is 3.81. The Bertz CT molecular complexity index is 1110. The number of benzene rings is 2. The highest BCUT2D eigenvalue weighted by atomic mass is 32.1. The number of alkyl halides is 3. The Kier molecular flexibility index (Phi) is 6.75. The zero-order valence-electron chi connectivity index (χ0n) is 17.3. The Hall–Kier alpha value is -3.19. The lowest BCUT2D eigenvalue weighted by Gasteiger charge is -2.11. The van der Waals surface area contributed by atoms with Crippen molar-refractivity contribution in [3.63, 3.8) is 0 Å². The molecule has 3 rings (SSSR count). The van der Waals surface area contributed by atoms with Gasteiger partial charge in [0.25, 0.3) is 0 Å². The van der Waals surface area contributed by atoms with Gasteiger partial charge in [-0.05, 0) is 42.8 Å². The summed E-state index contributed by atoms with van der Waals surface area (Å²) >= 11 is 1.17. The highest BCUT2D eigenvalue weighted by molar-refractivity contribution is 7.17. The number of aryl methyl sites for hydroxylation is 1. The molecule has 1 aromatic heterocycles. The van der Waals surface area contributed by atoms with Crippen LogP contribution in [0.2, 0.25) is 0 Å². The predicted molar refractivity (Wildman–Crippen MR) is 121 cm³/mol. The van der Waals surface area contributed by atoms with E-state index in [0.29, 0.717) is 21.1 Å². The molecule has 31 heavy (non-hydrogen) atoms. The topological polar surface area (TPSA) is 33.2 Å². The van der Waals surface area contributed by atoms with E-state index in [-0.39, 0.29) is 5.78 Å². The summed E-state index contributed by atoms with van der Waals surface area (Å²) in [6.45, 7) is 1.72. The molecule has 0 saturated carbocycles. The van der Waals surface area contributed by atoms with E-state index in [1.54, 1.807) is 19.1 Å². The Morgan fingerprint density at radius 1 is 1.00 bits per heavy atom. The lowest BCUT2D eigenvalue weighted by Crippen LogP contribution is -2.07. The van der Waals surface area contributed by atoms with Crippen LogP contribution in [0.1, 0.15) is 26.5 Å². The van der Waals surface area contributed by atoms with Crippen LogP contribution in [-0.4, -0.2) is 24.9 Å². The molecule has 0 unspecified atom stereocenters. The fraction of sp³-hybridized carbons (Fsp3) is 0.167. The number of carbonyl (C=O) groups excluding carboxylic acids is 1. The number of ketones is 1. The van der Waals surface area contributed by atoms with Gasteiger partial charge in [-0.3, -0.25) is 4.79 Å². The minimum absolute atomic E-state index is 0.194. The molecule has 3 nitrogen and oxygen atoms in total. The minimum atomic E-state index is -4.38. The van der Waals surface area contributed by atoms with E-state index >= 15 is 0 Å². The summed E-state index contributed by atoms with van der Waals surface area (Å²) in [4.78, 5) is 19.4. The standard InChI is InChI=1S/C24H21F3N2OS/c1-16-22(31-23(28-16)18-10-12-19(13-11-18)24(25,26)27)21(30)7-5-4-6-17-8-14-20(15-9-17)29(2)3/h4-15H,1-3H3/b6-4+,7-5+. The summed E-state index contributed by atoms with van der Waals surface area (Å²) in [5.74, 6) is -0.194. The third-order valence-corrected chi connectivity index (χ3v) is 5.76. The average molecular weight is 443 g/mol. The molecule has 2 aromatic carbocycles. The number of hydrogen-bond donors (Lipinski definition) is 0. The van der Waals surface area contributed by atoms with Gasteiger partial charge in [-0.2, -0.15) is 13.2 Å². The number of aromatic nitrogens is 1. The molecule has 7 heteroatoms. The molecule has 0 N–H and O–H groups in total. The smallest absolute Gasteiger partial charge is 0.378 e. The molecule has 1 heterocycles. The summed E-state index contributed by atoms with van der Waals surface area (Å²) in [6.07, 6.45) is 2.43. The van der Waals surface area contributed by atoms with Gasteiger partial charge in [-0.15, -0.1) is 11.3 Å². The SMILES string of the molecule is Cc1nc(-c2ccc(C(F)(F)F)cc2)sc1C(=O)/C=C/C=C/c1ccc(N(C)C)cc1. The van der Waals surface area contributed by atoms with E-state index in [4.69, 9.17) is 0 Å². The van der Waals surface area contributed by atoms with E-state index in [2.05, 4.69) is 4.98 Å². The van der Waals surface area contributed by atoms with Crippen molar-refractivity contribution in [3.8, 4) is 10.6 Å². The second-order valence-electron chi connectivity index (χ2n) is 7.08. The third kappa shape index (κ3) is 5.70. The maximum Gasteiger partial charge on any atom is 0.416 e. The van der Waals surface area contributed by atoms with E-state index in [1.807, 2.05) is 49.3 Å². The molecule has 0 bridgehead atoms. The van der Waals surface area contributed by atoms with Gasteiger partial charge >= 0.3 is 6.18 Å². The Balaban J connectivity index is 1.69. The third-order valence-electron chi connectivity index (χ3n) is 4.54. The first-order chi connectivity index (χ1) is 14.6. The van der Waals surface area contributed by atoms with Crippen molar-refractivity contribution in [1.29, 1.82) is 0 Å². The van der Waals surface area contributed by atoms with Gasteiger partial charge in [0.2, 0.25) is 0 Å². The number of nitrogens with zero attached hydrogens (tertiary/aromatic N) is 2. The summed E-state index contributed by atoms with van der Waals surface area (Å²) in [5, 5.41) is 0.513. The number of rotatable bonds is 6. The van der Waals surface area contributed by atoms with Crippen LogP contribution in [0.25, 0.3) is 16.6 Å². The molecule has 0 atom stereocenters. The highest BCUT2D eigenvalue weighted by Crippen LogP contribution is 2.33. The normalized spacial score (nSPS) is 12.1. The predicted octanol–water partition coefficient (Wildman–Crippen LogP) is 6.66. The van der Waals surface area contributed by atoms with Gasteiger partial charge in [0, 0.05) is 25.3 Å². The number of thiazole rings is 1. The quantitative estimate of drug-likeness (QED) is 0.243. The maximum atomic E-state index is 12.7. The maximum absolute atomic E-state index is 12.7. The number of allylic oxidation sites excluding steroid dienone is 3. The molecule has 0 fully saturated rings. The molecular weight excluding hydrogens is 421 g/mol. The minimum Gasteiger partial charge on any atom is -0.378 e. The molecule has 0 aliphatic rings. The molecule has 0 aliphatic heterocycles. The first-order valence-corrected chi connectivity index (χ1v) is 10.3. The van der Waals surface area contributed by atoms with Crippen molar-refractivity contribution >= 4 is 28.9 Å². The zero-order valence-corrected chi connectivity index (χ0v) is 18.1. The molecule has 0 radical (unpaired) electrons. The second-order valence-corrected chi connectivity index (χ2v) is 8.08. The summed E-state index contributed by atoms with van der Waals surface area (Å²) < 4.78 is 38.2. The first-order valence-electron chi connectivity index (χ1n) is 9.46. The van der Waals surface area contributed by atoms with Crippen LogP contribution >= 0.6 is 11.3 Å². The van der Waals surface area contributed by atoms with Crippen molar-refractivity contribution in [3.05, 3.63) is 88.5 Å². The molecule has 0 aliphatic carbocycles. The van der Waals surface area contributed by atoms with Gasteiger partial charge in [0.15, 0.2) is 5.78 Å². The van der Waals surface area contributed by atoms with Crippen molar-refractivity contribution < 1.29 is 18.0 Å². The number of hydrogen-bond acceptors (Lipinski definition) is 4. The Morgan fingerprint density at radius 2 is 1.65 bits per heavy atom. The van der Waals surface area contributed by atoms with Crippen LogP contribution in [0, 0.1) is 6.92 Å². The van der Waals surface area contributed by atoms with Crippen LogP contribution in [0.15, 0.2) is 66.8 Å². The van der Waals surface area contributed by atoms with Crippen LogP contribution in [0.5, 0.6) is 0 Å². The second kappa shape index (κ2) is 9.31. The van der Waals surface area contributed by atoms with E-state index in [0.717, 1.165) is 23.4 Å². The van der Waals surface area contributed by atoms with Crippen molar-refractivity contribution in [2.24, 2.45) is 0 Å². The largest absolute Gasteiger partial charge is 0.416 e. The summed E-state index contributed by atoms with van der Waals surface area (Å²) in [7, 11) is 3.95. The van der Waals surface area contributed by atoms with Crippen molar-refractivity contribution in [2.75, 3.05) is 19.0 Å². The summed E-state index contributed by atoms with van der Waals surface area (Å²) in [5.41, 5.74) is 2.50. The Morgan fingerprint density at radius 3 is 2.23 bits per heavy atom. The number of anilines is 1. The van der Waals surface area contributed by atoms with Gasteiger partial charge < -0.3 is 4.90 Å². The summed E-state index contributed by atoms with van der Waals surface area (Å²) in [6, 6.07) is 12.8. The zero-order chi connectivity index (χ0) is 22.6. The highest BCUT2D eigenvalue weighted by Gasteiger charge is 2.30. The number of halogens is 3. The monoisotopic (exact) mass is 442 g/mol. The molecule has 0 amide bonds. The van der Waals surface area contributed by atoms with E-state index in [9.17, 15) is 18.0 Å². The number of carbonyl (C=O) groups is 1.